The minimum absolute atomic E-state index is 0.322. The molecule has 24 heavy (non-hydrogen) atoms. The summed E-state index contributed by atoms with van der Waals surface area (Å²) >= 11 is 0. The molecule has 2 saturated carbocycles. The molecule has 2 fully saturated rings. The summed E-state index contributed by atoms with van der Waals surface area (Å²) in [7, 11) is 0. The van der Waals surface area contributed by atoms with Crippen LogP contribution in [-0.4, -0.2) is 5.11 Å². The zero-order chi connectivity index (χ0) is 17.7. The second-order valence-electron chi connectivity index (χ2n) is 6.34. The van der Waals surface area contributed by atoms with Gasteiger partial charge in [-0.2, -0.15) is 0 Å². The van der Waals surface area contributed by atoms with Gasteiger partial charge in [0.2, 0.25) is 0 Å². The summed E-state index contributed by atoms with van der Waals surface area (Å²) in [5.41, 5.74) is 0. The largest absolute Gasteiger partial charge is 0.508 e. The summed E-state index contributed by atoms with van der Waals surface area (Å²) in [6.45, 7) is 5.42. The molecule has 0 unspecified atom stereocenters. The predicted molar refractivity (Wildman–Crippen MR) is 109 cm³/mol. The first-order valence-corrected chi connectivity index (χ1v) is 9.79. The first-order chi connectivity index (χ1) is 11.8. The third kappa shape index (κ3) is 18.5. The van der Waals surface area contributed by atoms with Crippen molar-refractivity contribution in [2.45, 2.75) is 84.0 Å². The van der Waals surface area contributed by atoms with Crippen molar-refractivity contribution in [3.63, 3.8) is 0 Å². The van der Waals surface area contributed by atoms with E-state index < -0.39 is 0 Å². The topological polar surface area (TPSA) is 20.2 Å². The van der Waals surface area contributed by atoms with Crippen LogP contribution in [0, 0.1) is 0 Å². The van der Waals surface area contributed by atoms with Gasteiger partial charge in [0.1, 0.15) is 5.75 Å². The van der Waals surface area contributed by atoms with Gasteiger partial charge in [0.25, 0.3) is 0 Å². The van der Waals surface area contributed by atoms with Gasteiger partial charge in [-0.05, 0) is 19.1 Å². The lowest BCUT2D eigenvalue weighted by Crippen LogP contribution is -1.85. The minimum Gasteiger partial charge on any atom is -0.508 e. The van der Waals surface area contributed by atoms with Gasteiger partial charge >= 0.3 is 0 Å². The van der Waals surface area contributed by atoms with Crippen molar-refractivity contribution in [1.82, 2.24) is 0 Å². The number of phenolic OH excluding ortho intramolecular Hbond substituents is 1. The van der Waals surface area contributed by atoms with Crippen LogP contribution in [-0.2, 0) is 0 Å². The lowest BCUT2D eigenvalue weighted by atomic mass is 10.0. The van der Waals surface area contributed by atoms with Gasteiger partial charge in [-0.25, -0.2) is 0 Å². The van der Waals surface area contributed by atoms with Crippen molar-refractivity contribution in [3.05, 3.63) is 55.1 Å². The molecule has 1 aromatic carbocycles. The van der Waals surface area contributed by atoms with E-state index in [-0.39, 0.29) is 0 Å². The number of hydrogen-bond acceptors (Lipinski definition) is 1. The first kappa shape index (κ1) is 22.5. The van der Waals surface area contributed by atoms with Crippen molar-refractivity contribution >= 4 is 0 Å². The Morgan fingerprint density at radius 2 is 1.04 bits per heavy atom. The SMILES string of the molecule is C1CCCCC1.C1CCCCC1.C=CC=CC.Oc1ccccc1. The normalized spacial score (nSPS) is 16.4. The van der Waals surface area contributed by atoms with Gasteiger partial charge in [-0.1, -0.05) is 120 Å². The van der Waals surface area contributed by atoms with Crippen molar-refractivity contribution in [1.29, 1.82) is 0 Å². The van der Waals surface area contributed by atoms with E-state index in [1.54, 1.807) is 30.3 Å². The van der Waals surface area contributed by atoms with Gasteiger partial charge < -0.3 is 5.11 Å². The molecule has 1 nitrogen and oxygen atoms in total. The van der Waals surface area contributed by atoms with E-state index in [9.17, 15) is 0 Å². The van der Waals surface area contributed by atoms with Crippen molar-refractivity contribution < 1.29 is 5.11 Å². The summed E-state index contributed by atoms with van der Waals surface area (Å²) in [5, 5.41) is 8.63. The second-order valence-corrected chi connectivity index (χ2v) is 6.34. The molecular formula is C23H38O. The summed E-state index contributed by atoms with van der Waals surface area (Å²) in [6.07, 6.45) is 23.6. The number of para-hydroxylation sites is 1. The molecule has 2 aliphatic rings. The summed E-state index contributed by atoms with van der Waals surface area (Å²) in [6, 6.07) is 8.71. The van der Waals surface area contributed by atoms with E-state index in [2.05, 4.69) is 6.58 Å². The average molecular weight is 331 g/mol. The van der Waals surface area contributed by atoms with Crippen LogP contribution in [0.5, 0.6) is 5.75 Å². The Labute approximate surface area is 150 Å². The van der Waals surface area contributed by atoms with Gasteiger partial charge in [-0.3, -0.25) is 0 Å². The Morgan fingerprint density at radius 1 is 0.708 bits per heavy atom. The number of hydrogen-bond donors (Lipinski definition) is 1. The number of phenols is 1. The molecule has 2 aliphatic carbocycles. The van der Waals surface area contributed by atoms with Crippen LogP contribution >= 0.6 is 0 Å². The van der Waals surface area contributed by atoms with Gasteiger partial charge in [0.05, 0.1) is 0 Å². The molecule has 0 atom stereocenters. The average Bonchev–Trinajstić information content (AvgIpc) is 2.67. The molecule has 0 heterocycles. The highest BCUT2D eigenvalue weighted by atomic mass is 16.3. The number of aromatic hydroxyl groups is 1. The second kappa shape index (κ2) is 19.5. The van der Waals surface area contributed by atoms with Crippen LogP contribution in [0.1, 0.15) is 84.0 Å². The Hall–Kier alpha value is -1.50. The van der Waals surface area contributed by atoms with E-state index in [1.165, 1.54) is 77.0 Å². The standard InChI is InChI=1S/C6H6O.2C6H12.C5H8/c7-6-4-2-1-3-5-6;2*1-2-4-6-5-3-1;1-3-5-4-2/h1-5,7H;2*1-6H2;3-5H,1H2,2H3. The van der Waals surface area contributed by atoms with E-state index in [0.29, 0.717) is 5.75 Å². The van der Waals surface area contributed by atoms with Crippen LogP contribution in [0.15, 0.2) is 55.1 Å². The number of allylic oxidation sites excluding steroid dienone is 3. The van der Waals surface area contributed by atoms with E-state index in [0.717, 1.165) is 0 Å². The molecule has 0 amide bonds. The molecule has 1 aromatic rings. The van der Waals surface area contributed by atoms with E-state index >= 15 is 0 Å². The molecule has 0 bridgehead atoms. The molecule has 136 valence electrons. The summed E-state index contributed by atoms with van der Waals surface area (Å²) in [4.78, 5) is 0. The van der Waals surface area contributed by atoms with Gasteiger partial charge in [-0.15, -0.1) is 0 Å². The van der Waals surface area contributed by atoms with Crippen molar-refractivity contribution in [3.8, 4) is 5.75 Å². The van der Waals surface area contributed by atoms with Crippen molar-refractivity contribution in [2.75, 3.05) is 0 Å². The molecule has 0 saturated heterocycles. The summed E-state index contributed by atoms with van der Waals surface area (Å²) in [5.74, 6) is 0.322. The van der Waals surface area contributed by atoms with Crippen LogP contribution in [0.4, 0.5) is 0 Å². The fraction of sp³-hybridized carbons (Fsp3) is 0.565. The Kier molecular flexibility index (Phi) is 18.3. The molecule has 0 aliphatic heterocycles. The fourth-order valence-corrected chi connectivity index (χ4v) is 2.69. The fourth-order valence-electron chi connectivity index (χ4n) is 2.69. The van der Waals surface area contributed by atoms with Gasteiger partial charge in [0, 0.05) is 0 Å². The van der Waals surface area contributed by atoms with Crippen LogP contribution in [0.2, 0.25) is 0 Å². The molecule has 1 heteroatoms. The van der Waals surface area contributed by atoms with E-state index in [1.807, 2.05) is 25.1 Å². The minimum atomic E-state index is 0.322. The van der Waals surface area contributed by atoms with Crippen LogP contribution < -0.4 is 0 Å². The molecule has 1 N–H and O–H groups in total. The van der Waals surface area contributed by atoms with E-state index in [4.69, 9.17) is 5.11 Å². The third-order valence-electron chi connectivity index (χ3n) is 4.08. The lowest BCUT2D eigenvalue weighted by molar-refractivity contribution is 0.475. The number of rotatable bonds is 1. The maximum atomic E-state index is 8.63. The highest BCUT2D eigenvalue weighted by Crippen LogP contribution is 2.15. The predicted octanol–water partition coefficient (Wildman–Crippen LogP) is 7.82. The molecule has 0 radical (unpaired) electrons. The van der Waals surface area contributed by atoms with Crippen LogP contribution in [0.3, 0.4) is 0 Å². The Morgan fingerprint density at radius 3 is 1.17 bits per heavy atom. The first-order valence-electron chi connectivity index (χ1n) is 9.79. The maximum Gasteiger partial charge on any atom is 0.115 e. The molecule has 0 aromatic heterocycles. The Bertz CT molecular complexity index is 337. The highest BCUT2D eigenvalue weighted by Gasteiger charge is 1.96. The molecule has 0 spiro atoms. The Balaban J connectivity index is 0.000000296. The van der Waals surface area contributed by atoms with Crippen LogP contribution in [0.25, 0.3) is 0 Å². The number of benzene rings is 1. The zero-order valence-electron chi connectivity index (χ0n) is 15.8. The van der Waals surface area contributed by atoms with Gasteiger partial charge in [0.15, 0.2) is 0 Å². The highest BCUT2D eigenvalue weighted by molar-refractivity contribution is 5.18. The lowest BCUT2D eigenvalue weighted by Gasteiger charge is -2.05. The summed E-state index contributed by atoms with van der Waals surface area (Å²) < 4.78 is 0. The van der Waals surface area contributed by atoms with Crippen molar-refractivity contribution in [2.24, 2.45) is 0 Å². The third-order valence-corrected chi connectivity index (χ3v) is 4.08. The zero-order valence-corrected chi connectivity index (χ0v) is 15.8. The molecular weight excluding hydrogens is 292 g/mol. The monoisotopic (exact) mass is 330 g/mol. The quantitative estimate of drug-likeness (QED) is 0.520. The maximum absolute atomic E-state index is 8.63. The molecule has 3 rings (SSSR count). The smallest absolute Gasteiger partial charge is 0.115 e.